The van der Waals surface area contributed by atoms with Crippen LogP contribution in [0.4, 0.5) is 0 Å². The molecule has 0 aliphatic heterocycles. The summed E-state index contributed by atoms with van der Waals surface area (Å²) in [5.41, 5.74) is 0. The highest BCUT2D eigenvalue weighted by molar-refractivity contribution is 5.71. The van der Waals surface area contributed by atoms with Crippen LogP contribution in [0.5, 0.6) is 0 Å². The zero-order chi connectivity index (χ0) is 58.5. The summed E-state index contributed by atoms with van der Waals surface area (Å²) >= 11 is 0. The molecule has 0 fully saturated rings. The van der Waals surface area contributed by atoms with Gasteiger partial charge in [-0.1, -0.05) is 338 Å². The zero-order valence-corrected chi connectivity index (χ0v) is 54.3. The topological polar surface area (TPSA) is 78.9 Å². The number of ether oxygens (including phenoxy) is 3. The van der Waals surface area contributed by atoms with Gasteiger partial charge in [-0.25, -0.2) is 0 Å². The normalized spacial score (nSPS) is 12.4. The molecule has 0 N–H and O–H groups in total. The summed E-state index contributed by atoms with van der Waals surface area (Å²) in [5.74, 6) is -0.873. The SMILES string of the molecule is CC/C=C\C/C=C\C/C=C\C/C=C\CCCCCCCCCCC(=O)OC(COC(=O)CCCCCCC/C=C\CCCCC)COC(=O)CCCCCCCCCCCCCCCCCCCCCCCCCCCCCCCC. The molecule has 0 bridgehead atoms. The lowest BCUT2D eigenvalue weighted by molar-refractivity contribution is -0.167. The molecule has 0 aromatic rings. The molecule has 472 valence electrons. The number of allylic oxidation sites excluding steroid dienone is 10. The van der Waals surface area contributed by atoms with Crippen molar-refractivity contribution in [3.05, 3.63) is 60.8 Å². The van der Waals surface area contributed by atoms with Crippen LogP contribution in [0.25, 0.3) is 0 Å². The van der Waals surface area contributed by atoms with Gasteiger partial charge in [0.1, 0.15) is 13.2 Å². The summed E-state index contributed by atoms with van der Waals surface area (Å²) in [5, 5.41) is 0. The van der Waals surface area contributed by atoms with E-state index < -0.39 is 6.10 Å². The molecule has 0 aliphatic carbocycles. The fraction of sp³-hybridized carbons (Fsp3) is 0.827. The van der Waals surface area contributed by atoms with Gasteiger partial charge in [-0.3, -0.25) is 14.4 Å². The number of carbonyl (C=O) groups excluding carboxylic acids is 3. The average molecular weight is 1130 g/mol. The van der Waals surface area contributed by atoms with Crippen molar-refractivity contribution in [2.45, 2.75) is 386 Å². The fourth-order valence-electron chi connectivity index (χ4n) is 10.7. The van der Waals surface area contributed by atoms with Crippen LogP contribution in [0, 0.1) is 0 Å². The van der Waals surface area contributed by atoms with Gasteiger partial charge in [-0.2, -0.15) is 0 Å². The van der Waals surface area contributed by atoms with Gasteiger partial charge in [0.15, 0.2) is 6.10 Å². The van der Waals surface area contributed by atoms with Crippen LogP contribution in [0.15, 0.2) is 60.8 Å². The molecule has 0 aromatic heterocycles. The Morgan fingerprint density at radius 1 is 0.259 bits per heavy atom. The molecule has 0 aliphatic rings. The summed E-state index contributed by atoms with van der Waals surface area (Å²) in [7, 11) is 0. The standard InChI is InChI=1S/C75H136O6/c1-4-7-10-13-16-19-22-25-27-29-31-33-34-35-36-37-38-39-40-41-43-44-46-48-50-53-56-59-62-65-68-74(77)80-71-72(70-79-73(76)67-64-61-58-55-52-24-21-18-15-12-9-6-3)81-75(78)69-66-63-60-57-54-51-49-47-45-42-32-30-28-26-23-20-17-14-11-8-5-2/h8,11,17-18,20-21,26,28,32,42,72H,4-7,9-10,12-16,19,22-25,27,29-31,33-41,43-71H2,1-3H3/b11-8-,20-17-,21-18-,28-26-,42-32-. The number of hydrogen-bond acceptors (Lipinski definition) is 6. The Morgan fingerprint density at radius 2 is 0.481 bits per heavy atom. The van der Waals surface area contributed by atoms with E-state index in [9.17, 15) is 14.4 Å². The molecule has 0 aromatic carbocycles. The molecule has 0 saturated carbocycles. The number of rotatable bonds is 66. The summed E-state index contributed by atoms with van der Waals surface area (Å²) in [4.78, 5) is 38.4. The molecule has 0 saturated heterocycles. The highest BCUT2D eigenvalue weighted by Crippen LogP contribution is 2.19. The lowest BCUT2D eigenvalue weighted by Crippen LogP contribution is -2.30. The van der Waals surface area contributed by atoms with E-state index in [-0.39, 0.29) is 31.1 Å². The molecule has 0 heterocycles. The highest BCUT2D eigenvalue weighted by Gasteiger charge is 2.19. The Morgan fingerprint density at radius 3 is 0.790 bits per heavy atom. The van der Waals surface area contributed by atoms with Crippen molar-refractivity contribution in [1.29, 1.82) is 0 Å². The largest absolute Gasteiger partial charge is 0.462 e. The summed E-state index contributed by atoms with van der Waals surface area (Å²) < 4.78 is 17.0. The molecular formula is C75H136O6. The second kappa shape index (κ2) is 69.6. The quantitative estimate of drug-likeness (QED) is 0.0261. The molecule has 0 spiro atoms. The first-order valence-electron chi connectivity index (χ1n) is 35.8. The van der Waals surface area contributed by atoms with Crippen molar-refractivity contribution in [3.8, 4) is 0 Å². The van der Waals surface area contributed by atoms with Crippen molar-refractivity contribution in [2.75, 3.05) is 13.2 Å². The predicted octanol–water partition coefficient (Wildman–Crippen LogP) is 24.7. The van der Waals surface area contributed by atoms with Crippen LogP contribution < -0.4 is 0 Å². The summed E-state index contributed by atoms with van der Waals surface area (Å²) in [6, 6.07) is 0. The Bertz CT molecular complexity index is 1440. The lowest BCUT2D eigenvalue weighted by Gasteiger charge is -2.18. The average Bonchev–Trinajstić information content (AvgIpc) is 3.47. The Balaban J connectivity index is 4.17. The summed E-state index contributed by atoms with van der Waals surface area (Å²) in [6.07, 6.45) is 89.8. The van der Waals surface area contributed by atoms with Gasteiger partial charge in [0.25, 0.3) is 0 Å². The maximum Gasteiger partial charge on any atom is 0.306 e. The van der Waals surface area contributed by atoms with Crippen LogP contribution in [0.3, 0.4) is 0 Å². The third kappa shape index (κ3) is 67.8. The second-order valence-electron chi connectivity index (χ2n) is 24.1. The van der Waals surface area contributed by atoms with Gasteiger partial charge in [-0.15, -0.1) is 0 Å². The lowest BCUT2D eigenvalue weighted by atomic mass is 10.0. The van der Waals surface area contributed by atoms with Crippen LogP contribution in [0.2, 0.25) is 0 Å². The van der Waals surface area contributed by atoms with E-state index in [2.05, 4.69) is 81.5 Å². The zero-order valence-electron chi connectivity index (χ0n) is 54.3. The maximum atomic E-state index is 12.9. The molecule has 0 amide bonds. The number of hydrogen-bond donors (Lipinski definition) is 0. The van der Waals surface area contributed by atoms with Crippen LogP contribution in [-0.4, -0.2) is 37.2 Å². The number of esters is 3. The number of carbonyl (C=O) groups is 3. The van der Waals surface area contributed by atoms with Crippen molar-refractivity contribution >= 4 is 17.9 Å². The van der Waals surface area contributed by atoms with Gasteiger partial charge >= 0.3 is 17.9 Å². The first-order valence-corrected chi connectivity index (χ1v) is 35.8. The van der Waals surface area contributed by atoms with E-state index >= 15 is 0 Å². The molecule has 0 radical (unpaired) electrons. The minimum atomic E-state index is -0.782. The van der Waals surface area contributed by atoms with Crippen molar-refractivity contribution in [1.82, 2.24) is 0 Å². The summed E-state index contributed by atoms with van der Waals surface area (Å²) in [6.45, 7) is 6.55. The predicted molar refractivity (Wildman–Crippen MR) is 353 cm³/mol. The van der Waals surface area contributed by atoms with Gasteiger partial charge in [0.2, 0.25) is 0 Å². The molecule has 0 rings (SSSR count). The molecule has 81 heavy (non-hydrogen) atoms. The molecular weight excluding hydrogens is 997 g/mol. The monoisotopic (exact) mass is 1130 g/mol. The van der Waals surface area contributed by atoms with Crippen molar-refractivity contribution in [2.24, 2.45) is 0 Å². The van der Waals surface area contributed by atoms with Gasteiger partial charge in [-0.05, 0) is 83.5 Å². The van der Waals surface area contributed by atoms with E-state index in [1.54, 1.807) is 0 Å². The smallest absolute Gasteiger partial charge is 0.306 e. The first-order chi connectivity index (χ1) is 40.0. The number of unbranched alkanes of at least 4 members (excludes halogenated alkanes) is 45. The molecule has 6 nitrogen and oxygen atoms in total. The third-order valence-corrected chi connectivity index (χ3v) is 16.0. The van der Waals surface area contributed by atoms with Gasteiger partial charge in [0.05, 0.1) is 0 Å². The van der Waals surface area contributed by atoms with Gasteiger partial charge < -0.3 is 14.2 Å². The third-order valence-electron chi connectivity index (χ3n) is 16.0. The van der Waals surface area contributed by atoms with E-state index in [1.165, 1.54) is 244 Å². The van der Waals surface area contributed by atoms with E-state index in [4.69, 9.17) is 14.2 Å². The highest BCUT2D eigenvalue weighted by atomic mass is 16.6. The fourth-order valence-corrected chi connectivity index (χ4v) is 10.7. The minimum Gasteiger partial charge on any atom is -0.462 e. The van der Waals surface area contributed by atoms with E-state index in [0.29, 0.717) is 19.3 Å². The van der Waals surface area contributed by atoms with Crippen LogP contribution in [-0.2, 0) is 28.6 Å². The first kappa shape index (κ1) is 78.1. The maximum absolute atomic E-state index is 12.9. The Labute approximate surface area is 504 Å². The second-order valence-corrected chi connectivity index (χ2v) is 24.1. The molecule has 1 unspecified atom stereocenters. The molecule has 6 heteroatoms. The van der Waals surface area contributed by atoms with Crippen LogP contribution >= 0.6 is 0 Å². The van der Waals surface area contributed by atoms with Gasteiger partial charge in [0, 0.05) is 19.3 Å². The van der Waals surface area contributed by atoms with Crippen molar-refractivity contribution < 1.29 is 28.6 Å². The van der Waals surface area contributed by atoms with E-state index in [0.717, 1.165) is 96.3 Å². The molecule has 1 atom stereocenters. The Hall–Kier alpha value is -2.89. The van der Waals surface area contributed by atoms with Crippen molar-refractivity contribution in [3.63, 3.8) is 0 Å². The van der Waals surface area contributed by atoms with E-state index in [1.807, 2.05) is 0 Å². The van der Waals surface area contributed by atoms with Crippen LogP contribution in [0.1, 0.15) is 380 Å². The minimum absolute atomic E-state index is 0.0766. The Kier molecular flexibility index (Phi) is 67.1.